The molecule has 7 heteroatoms. The van der Waals surface area contributed by atoms with Crippen LogP contribution in [0.1, 0.15) is 11.5 Å². The SMILES string of the molecule is Cc1oc(CCl)cc1S(=O)(=O)N(C)c1ccccc1F. The molecule has 0 amide bonds. The zero-order chi connectivity index (χ0) is 14.9. The molecule has 0 aliphatic rings. The summed E-state index contributed by atoms with van der Waals surface area (Å²) in [5.74, 6) is 0.0329. The number of halogens is 2. The van der Waals surface area contributed by atoms with Gasteiger partial charge in [-0.05, 0) is 19.1 Å². The summed E-state index contributed by atoms with van der Waals surface area (Å²) in [7, 11) is -2.60. The van der Waals surface area contributed by atoms with Crippen LogP contribution in [-0.2, 0) is 15.9 Å². The van der Waals surface area contributed by atoms with Gasteiger partial charge in [-0.2, -0.15) is 0 Å². The number of anilines is 1. The normalized spacial score (nSPS) is 11.6. The number of benzene rings is 1. The van der Waals surface area contributed by atoms with Crippen molar-refractivity contribution in [3.63, 3.8) is 0 Å². The summed E-state index contributed by atoms with van der Waals surface area (Å²) < 4.78 is 44.8. The fourth-order valence-corrected chi connectivity index (χ4v) is 3.35. The van der Waals surface area contributed by atoms with Gasteiger partial charge in [0.1, 0.15) is 22.2 Å². The Labute approximate surface area is 121 Å². The summed E-state index contributed by atoms with van der Waals surface area (Å²) in [5.41, 5.74) is -0.0273. The number of rotatable bonds is 4. The van der Waals surface area contributed by atoms with Crippen LogP contribution in [0.2, 0.25) is 0 Å². The first-order valence-corrected chi connectivity index (χ1v) is 7.74. The van der Waals surface area contributed by atoms with Gasteiger partial charge in [0.05, 0.1) is 11.6 Å². The lowest BCUT2D eigenvalue weighted by atomic mass is 10.3. The van der Waals surface area contributed by atoms with Crippen molar-refractivity contribution in [3.05, 3.63) is 47.7 Å². The van der Waals surface area contributed by atoms with Crippen molar-refractivity contribution in [2.75, 3.05) is 11.4 Å². The maximum absolute atomic E-state index is 13.7. The molecule has 20 heavy (non-hydrogen) atoms. The molecular weight excluding hydrogens is 305 g/mol. The molecular formula is C13H13ClFNO3S. The van der Waals surface area contributed by atoms with Crippen molar-refractivity contribution in [2.45, 2.75) is 17.7 Å². The highest BCUT2D eigenvalue weighted by Crippen LogP contribution is 2.28. The monoisotopic (exact) mass is 317 g/mol. The van der Waals surface area contributed by atoms with Crippen LogP contribution in [0.15, 0.2) is 39.6 Å². The Bertz CT molecular complexity index is 727. The van der Waals surface area contributed by atoms with E-state index in [2.05, 4.69) is 0 Å². The molecule has 1 aromatic carbocycles. The van der Waals surface area contributed by atoms with Gasteiger partial charge in [0.25, 0.3) is 10.0 Å². The number of para-hydroxylation sites is 1. The van der Waals surface area contributed by atoms with Crippen molar-refractivity contribution < 1.29 is 17.2 Å². The van der Waals surface area contributed by atoms with Crippen LogP contribution in [0.4, 0.5) is 10.1 Å². The van der Waals surface area contributed by atoms with E-state index in [0.29, 0.717) is 5.76 Å². The molecule has 2 aromatic rings. The van der Waals surface area contributed by atoms with E-state index in [0.717, 1.165) is 4.31 Å². The second-order valence-electron chi connectivity index (χ2n) is 4.19. The smallest absolute Gasteiger partial charge is 0.267 e. The summed E-state index contributed by atoms with van der Waals surface area (Å²) in [4.78, 5) is -0.0149. The highest BCUT2D eigenvalue weighted by Gasteiger charge is 2.27. The average molecular weight is 318 g/mol. The first-order valence-electron chi connectivity index (χ1n) is 5.76. The lowest BCUT2D eigenvalue weighted by Gasteiger charge is -2.19. The molecule has 0 aliphatic heterocycles. The summed E-state index contributed by atoms with van der Waals surface area (Å²) in [5, 5.41) is 0. The molecule has 108 valence electrons. The number of alkyl halides is 1. The standard InChI is InChI=1S/C13H13ClFNO3S/c1-9-13(7-10(8-14)19-9)20(17,18)16(2)12-6-4-3-5-11(12)15/h3-7H,8H2,1-2H3. The third kappa shape index (κ3) is 2.53. The van der Waals surface area contributed by atoms with Crippen molar-refractivity contribution >= 4 is 27.3 Å². The van der Waals surface area contributed by atoms with Gasteiger partial charge in [0, 0.05) is 13.1 Å². The molecule has 0 fully saturated rings. The summed E-state index contributed by atoms with van der Waals surface area (Å²) in [6.45, 7) is 1.53. The van der Waals surface area contributed by atoms with Gasteiger partial charge in [0.15, 0.2) is 0 Å². The number of furan rings is 1. The van der Waals surface area contributed by atoms with E-state index in [9.17, 15) is 12.8 Å². The van der Waals surface area contributed by atoms with Gasteiger partial charge in [0.2, 0.25) is 0 Å². The third-order valence-corrected chi connectivity index (χ3v) is 5.03. The van der Waals surface area contributed by atoms with Crippen molar-refractivity contribution in [3.8, 4) is 0 Å². The molecule has 1 aromatic heterocycles. The first kappa shape index (κ1) is 14.9. The minimum absolute atomic E-state index is 0.0149. The minimum atomic E-state index is -3.89. The van der Waals surface area contributed by atoms with Crippen LogP contribution in [0.25, 0.3) is 0 Å². The summed E-state index contributed by atoms with van der Waals surface area (Å²) in [6.07, 6.45) is 0. The van der Waals surface area contributed by atoms with Crippen LogP contribution in [-0.4, -0.2) is 15.5 Å². The number of aryl methyl sites for hydroxylation is 1. The lowest BCUT2D eigenvalue weighted by Crippen LogP contribution is -2.27. The number of sulfonamides is 1. The maximum atomic E-state index is 13.7. The highest BCUT2D eigenvalue weighted by molar-refractivity contribution is 7.92. The number of nitrogens with zero attached hydrogens (tertiary/aromatic N) is 1. The molecule has 0 saturated carbocycles. The molecule has 0 atom stereocenters. The van der Waals surface area contributed by atoms with Crippen LogP contribution < -0.4 is 4.31 Å². The van der Waals surface area contributed by atoms with Crippen molar-refractivity contribution in [2.24, 2.45) is 0 Å². The van der Waals surface area contributed by atoms with Crippen LogP contribution >= 0.6 is 11.6 Å². The molecule has 0 radical (unpaired) electrons. The van der Waals surface area contributed by atoms with Gasteiger partial charge in [-0.1, -0.05) is 12.1 Å². The number of hydrogen-bond acceptors (Lipinski definition) is 3. The average Bonchev–Trinajstić information content (AvgIpc) is 2.80. The molecule has 4 nitrogen and oxygen atoms in total. The van der Waals surface area contributed by atoms with E-state index in [1.54, 1.807) is 6.07 Å². The van der Waals surface area contributed by atoms with E-state index in [-0.39, 0.29) is 22.2 Å². The first-order chi connectivity index (χ1) is 9.37. The van der Waals surface area contributed by atoms with E-state index in [1.165, 1.54) is 38.2 Å². The summed E-state index contributed by atoms with van der Waals surface area (Å²) >= 11 is 5.62. The predicted molar refractivity (Wildman–Crippen MR) is 75.0 cm³/mol. The van der Waals surface area contributed by atoms with Crippen LogP contribution in [0.5, 0.6) is 0 Å². The van der Waals surface area contributed by atoms with Gasteiger partial charge >= 0.3 is 0 Å². The molecule has 2 rings (SSSR count). The molecule has 0 bridgehead atoms. The van der Waals surface area contributed by atoms with Gasteiger partial charge in [-0.3, -0.25) is 4.31 Å². The fourth-order valence-electron chi connectivity index (χ4n) is 1.83. The Morgan fingerprint density at radius 3 is 2.55 bits per heavy atom. The topological polar surface area (TPSA) is 50.5 Å². The molecule has 0 N–H and O–H groups in total. The maximum Gasteiger partial charge on any atom is 0.267 e. The molecule has 0 unspecified atom stereocenters. The fraction of sp³-hybridized carbons (Fsp3) is 0.231. The third-order valence-electron chi connectivity index (χ3n) is 2.89. The van der Waals surface area contributed by atoms with Crippen LogP contribution in [0, 0.1) is 12.7 Å². The zero-order valence-electron chi connectivity index (χ0n) is 10.9. The van der Waals surface area contributed by atoms with E-state index in [1.807, 2.05) is 0 Å². The highest BCUT2D eigenvalue weighted by atomic mass is 35.5. The van der Waals surface area contributed by atoms with Gasteiger partial charge in [-0.25, -0.2) is 12.8 Å². The Kier molecular flexibility index (Phi) is 4.06. The molecule has 0 aliphatic carbocycles. The Morgan fingerprint density at radius 2 is 2.00 bits per heavy atom. The van der Waals surface area contributed by atoms with Crippen LogP contribution in [0.3, 0.4) is 0 Å². The quantitative estimate of drug-likeness (QED) is 0.813. The molecule has 1 heterocycles. The van der Waals surface area contributed by atoms with Gasteiger partial charge in [-0.15, -0.1) is 11.6 Å². The molecule has 0 saturated heterocycles. The van der Waals surface area contributed by atoms with E-state index < -0.39 is 15.8 Å². The Morgan fingerprint density at radius 1 is 1.35 bits per heavy atom. The zero-order valence-corrected chi connectivity index (χ0v) is 12.5. The summed E-state index contributed by atoms with van der Waals surface area (Å²) in [6, 6.07) is 7.01. The predicted octanol–water partition coefficient (Wildman–Crippen LogP) is 3.29. The van der Waals surface area contributed by atoms with Gasteiger partial charge < -0.3 is 4.42 Å². The van der Waals surface area contributed by atoms with Crippen molar-refractivity contribution in [1.82, 2.24) is 0 Å². The minimum Gasteiger partial charge on any atom is -0.464 e. The van der Waals surface area contributed by atoms with E-state index in [4.69, 9.17) is 16.0 Å². The second-order valence-corrected chi connectivity index (χ2v) is 6.40. The Balaban J connectivity index is 2.49. The largest absolute Gasteiger partial charge is 0.464 e. The van der Waals surface area contributed by atoms with Crippen molar-refractivity contribution in [1.29, 1.82) is 0 Å². The molecule has 0 spiro atoms. The Hall–Kier alpha value is -1.53. The number of hydrogen-bond donors (Lipinski definition) is 0. The lowest BCUT2D eigenvalue weighted by molar-refractivity contribution is 0.492. The van der Waals surface area contributed by atoms with E-state index >= 15 is 0 Å². The second kappa shape index (κ2) is 5.46.